The van der Waals surface area contributed by atoms with Crippen LogP contribution in [0.2, 0.25) is 0 Å². The topological polar surface area (TPSA) is 0 Å². The van der Waals surface area contributed by atoms with Crippen LogP contribution < -0.4 is 59.6 Å². The second-order valence-corrected chi connectivity index (χ2v) is 17.9. The molecule has 0 bridgehead atoms. The number of alkyl halides is 5. The molecule has 1 heterocycles. The van der Waals surface area contributed by atoms with E-state index in [4.69, 9.17) is 0 Å². The molecule has 0 aromatic carbocycles. The van der Waals surface area contributed by atoms with Gasteiger partial charge in [0.15, 0.2) is 0 Å². The normalized spacial score (nSPS) is 32.9. The summed E-state index contributed by atoms with van der Waals surface area (Å²) in [5, 5.41) is 0. The van der Waals surface area contributed by atoms with Crippen molar-refractivity contribution in [3.63, 3.8) is 0 Å². The molecule has 0 amide bonds. The zero-order valence-corrected chi connectivity index (χ0v) is 12.8. The summed E-state index contributed by atoms with van der Waals surface area (Å²) in [6.45, 7) is 0. The van der Waals surface area contributed by atoms with Gasteiger partial charge in [-0.2, -0.15) is 0 Å². The molecular formula is C4H7I4-3. The fourth-order valence-electron chi connectivity index (χ4n) is 0.455. The van der Waals surface area contributed by atoms with E-state index < -0.39 is 0 Å². The van der Waals surface area contributed by atoms with Crippen LogP contribution in [0, 0.1) is 0 Å². The molecule has 1 saturated heterocycles. The van der Waals surface area contributed by atoms with Gasteiger partial charge in [0.25, 0.3) is 0 Å². The summed E-state index contributed by atoms with van der Waals surface area (Å²) >= 11 is 4.76. The van der Waals surface area contributed by atoms with Gasteiger partial charge in [-0.15, -0.1) is 0 Å². The van der Waals surface area contributed by atoms with E-state index in [9.17, 15) is 0 Å². The van der Waals surface area contributed by atoms with E-state index in [2.05, 4.69) is 18.6 Å². The van der Waals surface area contributed by atoms with Gasteiger partial charge < -0.3 is 0 Å². The predicted molar refractivity (Wildman–Crippen MR) is 32.2 cm³/mol. The Morgan fingerprint density at radius 1 is 1.62 bits per heavy atom. The minimum atomic E-state index is 0.623. The Balaban J connectivity index is 2.13. The van der Waals surface area contributed by atoms with Crippen LogP contribution in [0.5, 0.6) is 0 Å². The van der Waals surface area contributed by atoms with Crippen LogP contribution in [-0.2, 0) is 0 Å². The van der Waals surface area contributed by atoms with Crippen LogP contribution in [0.15, 0.2) is 0 Å². The molecule has 4 heteroatoms. The molecule has 1 fully saturated rings. The molecular weight excluding hydrogens is 556 g/mol. The van der Waals surface area contributed by atoms with Gasteiger partial charge in [-0.25, -0.2) is 0 Å². The number of hydrogen-bond donors (Lipinski definition) is 0. The van der Waals surface area contributed by atoms with Gasteiger partial charge in [0, 0.05) is 0 Å². The van der Waals surface area contributed by atoms with E-state index >= 15 is 0 Å². The maximum atomic E-state index is 2.66. The molecule has 54 valence electrons. The zero-order chi connectivity index (χ0) is 5.82. The molecule has 0 saturated carbocycles. The predicted octanol–water partition coefficient (Wildman–Crippen LogP) is -7.71. The van der Waals surface area contributed by atoms with E-state index in [0.29, 0.717) is 17.2 Å². The van der Waals surface area contributed by atoms with Crippen LogP contribution in [0.1, 0.15) is 6.42 Å². The summed E-state index contributed by atoms with van der Waals surface area (Å²) in [4.78, 5) is 0. The number of hydrogen-bond acceptors (Lipinski definition) is 0. The molecule has 1 aliphatic heterocycles. The molecule has 1 aliphatic rings. The molecule has 0 radical (unpaired) electrons. The molecule has 0 spiro atoms. The SMILES string of the molecule is I[I-]C1CC[I-]C[I-]1. The van der Waals surface area contributed by atoms with Crippen molar-refractivity contribution < 1.29 is 59.6 Å². The Morgan fingerprint density at radius 3 is 2.88 bits per heavy atom. The van der Waals surface area contributed by atoms with Crippen molar-refractivity contribution in [3.8, 4) is 0 Å². The third-order valence-electron chi connectivity index (χ3n) is 0.848. The summed E-state index contributed by atoms with van der Waals surface area (Å²) in [7, 11) is 0. The fraction of sp³-hybridized carbons (Fsp3) is 1.00. The van der Waals surface area contributed by atoms with Gasteiger partial charge in [-0.3, -0.25) is 0 Å². The quantitative estimate of drug-likeness (QED) is 0.220. The van der Waals surface area contributed by atoms with E-state index in [0.717, 1.165) is 42.4 Å². The van der Waals surface area contributed by atoms with Crippen molar-refractivity contribution in [1.82, 2.24) is 0 Å². The van der Waals surface area contributed by atoms with Crippen LogP contribution >= 0.6 is 18.6 Å². The van der Waals surface area contributed by atoms with Gasteiger partial charge >= 0.3 is 93.5 Å². The van der Waals surface area contributed by atoms with Crippen molar-refractivity contribution >= 4 is 18.6 Å². The first-order chi connectivity index (χ1) is 3.93. The van der Waals surface area contributed by atoms with Crippen molar-refractivity contribution in [1.29, 1.82) is 0 Å². The van der Waals surface area contributed by atoms with Gasteiger partial charge in [0.05, 0.1) is 0 Å². The second kappa shape index (κ2) is 5.56. The summed E-state index contributed by atoms with van der Waals surface area (Å²) < 4.78 is 4.72. The standard InChI is InChI=1S/C4H7I4/c5-8-4-1-2-6-3-7-4/h4H,1-3H2/q-3. The average molecular weight is 563 g/mol. The van der Waals surface area contributed by atoms with E-state index in [1.165, 1.54) is 1.93 Å². The van der Waals surface area contributed by atoms with E-state index in [1.54, 1.807) is 13.3 Å². The van der Waals surface area contributed by atoms with Crippen molar-refractivity contribution in [2.45, 2.75) is 8.35 Å². The molecule has 1 atom stereocenters. The maximum absolute atomic E-state index is 2.66. The van der Waals surface area contributed by atoms with Crippen LogP contribution in [0.25, 0.3) is 0 Å². The number of halogens is 4. The molecule has 0 nitrogen and oxygen atoms in total. The number of rotatable bonds is 1. The third kappa shape index (κ3) is 3.35. The Morgan fingerprint density at radius 2 is 2.50 bits per heavy atom. The Kier molecular flexibility index (Phi) is 6.26. The molecule has 0 N–H and O–H groups in total. The first-order valence-electron chi connectivity index (χ1n) is 2.29. The molecule has 0 aromatic heterocycles. The van der Waals surface area contributed by atoms with E-state index in [-0.39, 0.29) is 0 Å². The molecule has 8 heavy (non-hydrogen) atoms. The summed E-state index contributed by atoms with van der Waals surface area (Å²) in [5.74, 6) is 0. The molecule has 1 rings (SSSR count). The fourth-order valence-corrected chi connectivity index (χ4v) is 25.9. The third-order valence-corrected chi connectivity index (χ3v) is 24.3. The van der Waals surface area contributed by atoms with Crippen molar-refractivity contribution in [2.75, 3.05) is 6.86 Å². The van der Waals surface area contributed by atoms with Crippen LogP contribution in [0.3, 0.4) is 0 Å². The van der Waals surface area contributed by atoms with E-state index in [1.807, 2.05) is 0 Å². The Hall–Kier alpha value is 2.92. The summed E-state index contributed by atoms with van der Waals surface area (Å²) in [6, 6.07) is 0. The summed E-state index contributed by atoms with van der Waals surface area (Å²) in [6.07, 6.45) is 1.65. The average Bonchev–Trinajstić information content (AvgIpc) is 1.90. The van der Waals surface area contributed by atoms with Crippen molar-refractivity contribution in [3.05, 3.63) is 0 Å². The zero-order valence-electron chi connectivity index (χ0n) is 4.21. The van der Waals surface area contributed by atoms with Crippen molar-refractivity contribution in [2.24, 2.45) is 0 Å². The monoisotopic (exact) mass is 563 g/mol. The molecule has 1 unspecified atom stereocenters. The van der Waals surface area contributed by atoms with Crippen LogP contribution in [-0.4, -0.2) is 8.79 Å². The Labute approximate surface area is 91.3 Å². The first-order valence-corrected chi connectivity index (χ1v) is 15.6. The van der Waals surface area contributed by atoms with Gasteiger partial charge in [-0.1, -0.05) is 0 Å². The first kappa shape index (κ1) is 9.01. The van der Waals surface area contributed by atoms with Gasteiger partial charge in [0.1, 0.15) is 0 Å². The van der Waals surface area contributed by atoms with Crippen LogP contribution in [0.4, 0.5) is 0 Å². The minimum absolute atomic E-state index is 0.623. The Bertz CT molecular complexity index is 59.1. The molecule has 0 aliphatic carbocycles. The molecule has 0 aromatic rings. The van der Waals surface area contributed by atoms with Gasteiger partial charge in [-0.05, 0) is 0 Å². The van der Waals surface area contributed by atoms with Gasteiger partial charge in [0.2, 0.25) is 0 Å². The second-order valence-electron chi connectivity index (χ2n) is 1.40. The summed E-state index contributed by atoms with van der Waals surface area (Å²) in [5.41, 5.74) is 0.